The van der Waals surface area contributed by atoms with E-state index in [0.717, 1.165) is 5.57 Å². The fourth-order valence-corrected chi connectivity index (χ4v) is 4.75. The molecule has 1 rings (SSSR count). The lowest BCUT2D eigenvalue weighted by molar-refractivity contribution is -0.154. The fourth-order valence-electron chi connectivity index (χ4n) is 3.25. The molecule has 0 aliphatic heterocycles. The van der Waals surface area contributed by atoms with Gasteiger partial charge in [-0.25, -0.2) is 13.2 Å². The van der Waals surface area contributed by atoms with E-state index >= 15 is 0 Å². The van der Waals surface area contributed by atoms with Crippen molar-refractivity contribution >= 4 is 27.8 Å². The number of sulfonamides is 1. The topological polar surface area (TPSA) is 113 Å². The highest BCUT2D eigenvalue weighted by Gasteiger charge is 2.28. The molecular formula is C24H37N3O6S. The zero-order valence-corrected chi connectivity index (χ0v) is 21.8. The Morgan fingerprint density at radius 1 is 1.09 bits per heavy atom. The van der Waals surface area contributed by atoms with Gasteiger partial charge in [0.2, 0.25) is 10.0 Å². The van der Waals surface area contributed by atoms with Crippen LogP contribution in [0.5, 0.6) is 0 Å². The van der Waals surface area contributed by atoms with Crippen LogP contribution in [0.15, 0.2) is 41.3 Å². The van der Waals surface area contributed by atoms with Crippen LogP contribution in [0.4, 0.5) is 0 Å². The molecule has 0 aliphatic carbocycles. The van der Waals surface area contributed by atoms with Gasteiger partial charge in [0.1, 0.15) is 6.04 Å². The van der Waals surface area contributed by atoms with Crippen molar-refractivity contribution in [2.75, 3.05) is 32.8 Å². The van der Waals surface area contributed by atoms with Gasteiger partial charge in [-0.2, -0.15) is 4.31 Å². The molecule has 0 bridgehead atoms. The van der Waals surface area contributed by atoms with E-state index in [1.165, 1.54) is 33.5 Å². The monoisotopic (exact) mass is 495 g/mol. The van der Waals surface area contributed by atoms with Crippen LogP contribution in [0.1, 0.15) is 51.9 Å². The number of carbonyl (C=O) groups excluding carboxylic acids is 3. The van der Waals surface area contributed by atoms with Crippen LogP contribution in [0.2, 0.25) is 0 Å². The van der Waals surface area contributed by atoms with Crippen molar-refractivity contribution in [3.8, 4) is 0 Å². The number of likely N-dealkylation sites (N-methyl/N-ethyl adjacent to an activating group) is 1. The largest absolute Gasteiger partial charge is 0.454 e. The van der Waals surface area contributed by atoms with Crippen LogP contribution < -0.4 is 5.32 Å². The van der Waals surface area contributed by atoms with Gasteiger partial charge in [0.25, 0.3) is 11.8 Å². The molecule has 0 aromatic heterocycles. The first-order valence-corrected chi connectivity index (χ1v) is 12.8. The number of hydrogen-bond donors (Lipinski definition) is 1. The Hall–Kier alpha value is -2.72. The summed E-state index contributed by atoms with van der Waals surface area (Å²) in [6.07, 6.45) is 0. The predicted molar refractivity (Wildman–Crippen MR) is 131 cm³/mol. The second-order valence-electron chi connectivity index (χ2n) is 8.29. The Balaban J connectivity index is 2.96. The van der Waals surface area contributed by atoms with Gasteiger partial charge in [0, 0.05) is 31.7 Å². The molecule has 1 N–H and O–H groups in total. The number of hydrogen-bond acceptors (Lipinski definition) is 6. The maximum Gasteiger partial charge on any atom is 0.329 e. The smallest absolute Gasteiger partial charge is 0.329 e. The molecule has 10 heteroatoms. The first kappa shape index (κ1) is 29.3. The van der Waals surface area contributed by atoms with Gasteiger partial charge in [-0.1, -0.05) is 45.9 Å². The summed E-state index contributed by atoms with van der Waals surface area (Å²) < 4.78 is 32.0. The second-order valence-corrected chi connectivity index (χ2v) is 10.2. The Morgan fingerprint density at radius 2 is 1.71 bits per heavy atom. The first-order chi connectivity index (χ1) is 15.9. The minimum atomic E-state index is -3.74. The van der Waals surface area contributed by atoms with E-state index < -0.39 is 34.5 Å². The van der Waals surface area contributed by atoms with Gasteiger partial charge >= 0.3 is 5.97 Å². The maximum atomic E-state index is 12.9. The number of esters is 1. The van der Waals surface area contributed by atoms with E-state index in [2.05, 4.69) is 11.9 Å². The van der Waals surface area contributed by atoms with Gasteiger partial charge < -0.3 is 15.0 Å². The Morgan fingerprint density at radius 3 is 2.21 bits per heavy atom. The van der Waals surface area contributed by atoms with Crippen LogP contribution >= 0.6 is 0 Å². The van der Waals surface area contributed by atoms with E-state index in [9.17, 15) is 22.8 Å². The van der Waals surface area contributed by atoms with Crippen molar-refractivity contribution in [1.29, 1.82) is 0 Å². The van der Waals surface area contributed by atoms with Crippen molar-refractivity contribution in [2.24, 2.45) is 5.92 Å². The fraction of sp³-hybridized carbons (Fsp3) is 0.542. The first-order valence-electron chi connectivity index (χ1n) is 11.4. The molecule has 0 aliphatic rings. The molecule has 190 valence electrons. The van der Waals surface area contributed by atoms with E-state index in [1.807, 2.05) is 6.92 Å². The summed E-state index contributed by atoms with van der Waals surface area (Å²) in [5.74, 6) is -2.04. The van der Waals surface area contributed by atoms with Crippen molar-refractivity contribution in [1.82, 2.24) is 14.5 Å². The number of benzene rings is 1. The van der Waals surface area contributed by atoms with Gasteiger partial charge in [0.05, 0.1) is 4.90 Å². The van der Waals surface area contributed by atoms with Gasteiger partial charge in [-0.3, -0.25) is 9.59 Å². The standard InChI is InChI=1S/C24H37N3O6S/c1-8-26(15-17(4)5)21(28)16-33-24(30)22(18(6)7)25-23(29)19-12-11-13-20(14-19)34(31,32)27(9-2)10-3/h11-14,18,22H,4,8-10,15-16H2,1-3,5-7H3,(H,25,29). The number of ether oxygens (including phenoxy) is 1. The number of amides is 2. The summed E-state index contributed by atoms with van der Waals surface area (Å²) in [7, 11) is -3.74. The lowest BCUT2D eigenvalue weighted by Gasteiger charge is -2.23. The molecule has 0 radical (unpaired) electrons. The van der Waals surface area contributed by atoms with Crippen molar-refractivity contribution in [3.63, 3.8) is 0 Å². The Kier molecular flexibility index (Phi) is 11.4. The van der Waals surface area contributed by atoms with Crippen molar-refractivity contribution < 1.29 is 27.5 Å². The molecule has 2 amide bonds. The molecule has 0 saturated heterocycles. The number of nitrogens with one attached hydrogen (secondary N) is 1. The average Bonchev–Trinajstić information content (AvgIpc) is 2.79. The minimum absolute atomic E-state index is 0.00436. The highest BCUT2D eigenvalue weighted by Crippen LogP contribution is 2.17. The van der Waals surface area contributed by atoms with E-state index in [4.69, 9.17) is 4.74 Å². The maximum absolute atomic E-state index is 12.9. The minimum Gasteiger partial charge on any atom is -0.454 e. The van der Waals surface area contributed by atoms with Crippen LogP contribution in [-0.2, 0) is 24.3 Å². The van der Waals surface area contributed by atoms with Gasteiger partial charge in [0.15, 0.2) is 6.61 Å². The summed E-state index contributed by atoms with van der Waals surface area (Å²) in [5, 5.41) is 2.61. The highest BCUT2D eigenvalue weighted by atomic mass is 32.2. The number of nitrogens with zero attached hydrogens (tertiary/aromatic N) is 2. The van der Waals surface area contributed by atoms with E-state index in [0.29, 0.717) is 26.2 Å². The Labute approximate surface area is 203 Å². The molecule has 1 aromatic rings. The summed E-state index contributed by atoms with van der Waals surface area (Å²) in [5.41, 5.74) is 0.903. The molecule has 0 fully saturated rings. The molecule has 9 nitrogen and oxygen atoms in total. The zero-order chi connectivity index (χ0) is 26.1. The second kappa shape index (κ2) is 13.2. The SMILES string of the molecule is C=C(C)CN(CC)C(=O)COC(=O)C(NC(=O)c1cccc(S(=O)(=O)N(CC)CC)c1)C(C)C. The quantitative estimate of drug-likeness (QED) is 0.332. The van der Waals surface area contributed by atoms with E-state index in [1.54, 1.807) is 34.6 Å². The normalized spacial score (nSPS) is 12.4. The van der Waals surface area contributed by atoms with Gasteiger partial charge in [-0.15, -0.1) is 0 Å². The van der Waals surface area contributed by atoms with Gasteiger partial charge in [-0.05, 0) is 38.0 Å². The molecule has 1 unspecified atom stereocenters. The summed E-state index contributed by atoms with van der Waals surface area (Å²) in [6.45, 7) is 15.3. The van der Waals surface area contributed by atoms with Crippen molar-refractivity contribution in [2.45, 2.75) is 52.5 Å². The summed E-state index contributed by atoms with van der Waals surface area (Å²) in [6, 6.07) is 4.65. The highest BCUT2D eigenvalue weighted by molar-refractivity contribution is 7.89. The van der Waals surface area contributed by atoms with E-state index in [-0.39, 0.29) is 22.3 Å². The van der Waals surface area contributed by atoms with Crippen molar-refractivity contribution in [3.05, 3.63) is 42.0 Å². The number of carbonyl (C=O) groups is 3. The third-order valence-corrected chi connectivity index (χ3v) is 7.23. The summed E-state index contributed by atoms with van der Waals surface area (Å²) >= 11 is 0. The molecule has 0 heterocycles. The molecule has 1 aromatic carbocycles. The summed E-state index contributed by atoms with van der Waals surface area (Å²) in [4.78, 5) is 39.4. The third-order valence-electron chi connectivity index (χ3n) is 5.18. The number of rotatable bonds is 13. The molecule has 1 atom stereocenters. The van der Waals surface area contributed by atoms with Crippen LogP contribution in [-0.4, -0.2) is 74.2 Å². The molecule has 0 saturated carbocycles. The van der Waals surface area contributed by atoms with Crippen LogP contribution in [0.25, 0.3) is 0 Å². The Bertz CT molecular complexity index is 986. The molecule has 0 spiro atoms. The molecule has 34 heavy (non-hydrogen) atoms. The average molecular weight is 496 g/mol. The third kappa shape index (κ3) is 7.95. The predicted octanol–water partition coefficient (Wildman–Crippen LogP) is 2.44. The van der Waals surface area contributed by atoms with Crippen LogP contribution in [0.3, 0.4) is 0 Å². The van der Waals surface area contributed by atoms with Crippen LogP contribution in [0, 0.1) is 5.92 Å². The zero-order valence-electron chi connectivity index (χ0n) is 21.0. The molecular weight excluding hydrogens is 458 g/mol. The lowest BCUT2D eigenvalue weighted by Crippen LogP contribution is -2.46. The lowest BCUT2D eigenvalue weighted by atomic mass is 10.0.